The second-order valence-electron chi connectivity index (χ2n) is 4.78. The second kappa shape index (κ2) is 6.18. The maximum absolute atomic E-state index is 12.3. The number of anilines is 2. The lowest BCUT2D eigenvalue weighted by atomic mass is 10.2. The van der Waals surface area contributed by atoms with Gasteiger partial charge in [-0.25, -0.2) is 4.79 Å². The van der Waals surface area contributed by atoms with Crippen LogP contribution in [-0.4, -0.2) is 19.2 Å². The topological polar surface area (TPSA) is 41.6 Å². The molecule has 0 aromatic heterocycles. The minimum Gasteiger partial charge on any atom is -0.444 e. The first-order valence-corrected chi connectivity index (χ1v) is 7.55. The molecule has 0 bridgehead atoms. The van der Waals surface area contributed by atoms with Crippen molar-refractivity contribution in [2.24, 2.45) is 0 Å². The van der Waals surface area contributed by atoms with Gasteiger partial charge < -0.3 is 10.1 Å². The average Bonchev–Trinajstić information content (AvgIpc) is 2.52. The van der Waals surface area contributed by atoms with E-state index in [1.54, 1.807) is 4.90 Å². The molecule has 1 N–H and O–H groups in total. The van der Waals surface area contributed by atoms with Crippen LogP contribution in [0.2, 0.25) is 0 Å². The summed E-state index contributed by atoms with van der Waals surface area (Å²) < 4.78 is 6.38. The Morgan fingerprint density at radius 2 is 2.05 bits per heavy atom. The van der Waals surface area contributed by atoms with Crippen LogP contribution in [0.25, 0.3) is 0 Å². The van der Waals surface area contributed by atoms with Crippen LogP contribution in [0.4, 0.5) is 16.2 Å². The Morgan fingerprint density at radius 3 is 2.86 bits per heavy atom. The van der Waals surface area contributed by atoms with E-state index in [0.717, 1.165) is 21.4 Å². The van der Waals surface area contributed by atoms with Crippen molar-refractivity contribution in [3.8, 4) is 0 Å². The van der Waals surface area contributed by atoms with Crippen LogP contribution < -0.4 is 10.2 Å². The number of benzene rings is 2. The average molecular weight is 347 g/mol. The molecule has 1 aliphatic rings. The van der Waals surface area contributed by atoms with Gasteiger partial charge in [-0.3, -0.25) is 4.90 Å². The van der Waals surface area contributed by atoms with Gasteiger partial charge in [-0.05, 0) is 23.8 Å². The van der Waals surface area contributed by atoms with Crippen LogP contribution in [0.5, 0.6) is 0 Å². The molecule has 3 rings (SSSR count). The van der Waals surface area contributed by atoms with Gasteiger partial charge in [-0.1, -0.05) is 46.3 Å². The molecule has 21 heavy (non-hydrogen) atoms. The fraction of sp³-hybridized carbons (Fsp3) is 0.188. The molecule has 1 aliphatic heterocycles. The van der Waals surface area contributed by atoms with Crippen LogP contribution in [0.15, 0.2) is 53.0 Å². The van der Waals surface area contributed by atoms with Gasteiger partial charge in [0.1, 0.15) is 6.61 Å². The molecule has 0 atom stereocenters. The number of ether oxygens (including phenoxy) is 1. The molecule has 0 saturated heterocycles. The standard InChI is InChI=1S/C16H15BrN2O2/c17-13-6-7-15-14(10-13)18-8-9-19(15)16(20)21-11-12-4-2-1-3-5-12/h1-7,10,18H,8-9,11H2. The number of fused-ring (bicyclic) bond motifs is 1. The number of hydrogen-bond acceptors (Lipinski definition) is 3. The van der Waals surface area contributed by atoms with Gasteiger partial charge in [-0.15, -0.1) is 0 Å². The van der Waals surface area contributed by atoms with Crippen molar-refractivity contribution in [2.75, 3.05) is 23.3 Å². The Balaban J connectivity index is 1.71. The van der Waals surface area contributed by atoms with Crippen LogP contribution >= 0.6 is 15.9 Å². The number of halogens is 1. The molecule has 4 nitrogen and oxygen atoms in total. The number of carbonyl (C=O) groups excluding carboxylic acids is 1. The predicted molar refractivity (Wildman–Crippen MR) is 86.6 cm³/mol. The maximum atomic E-state index is 12.3. The predicted octanol–water partition coefficient (Wildman–Crippen LogP) is 4.02. The van der Waals surface area contributed by atoms with Crippen molar-refractivity contribution in [2.45, 2.75) is 6.61 Å². The monoisotopic (exact) mass is 346 g/mol. The summed E-state index contributed by atoms with van der Waals surface area (Å²) in [5.74, 6) is 0. The van der Waals surface area contributed by atoms with E-state index in [4.69, 9.17) is 4.74 Å². The van der Waals surface area contributed by atoms with Gasteiger partial charge in [0, 0.05) is 17.6 Å². The number of rotatable bonds is 2. The number of nitrogens with zero attached hydrogens (tertiary/aromatic N) is 1. The summed E-state index contributed by atoms with van der Waals surface area (Å²) in [5, 5.41) is 3.28. The zero-order chi connectivity index (χ0) is 14.7. The molecular formula is C16H15BrN2O2. The SMILES string of the molecule is O=C(OCc1ccccc1)N1CCNc2cc(Br)ccc21. The highest BCUT2D eigenvalue weighted by atomic mass is 79.9. The molecule has 1 heterocycles. The van der Waals surface area contributed by atoms with E-state index in [1.165, 1.54) is 0 Å². The molecule has 5 heteroatoms. The highest BCUT2D eigenvalue weighted by molar-refractivity contribution is 9.10. The fourth-order valence-corrected chi connectivity index (χ4v) is 2.66. The molecule has 0 aliphatic carbocycles. The zero-order valence-electron chi connectivity index (χ0n) is 11.4. The minimum atomic E-state index is -0.316. The first-order chi connectivity index (χ1) is 10.2. The van der Waals surface area contributed by atoms with E-state index in [9.17, 15) is 4.79 Å². The minimum absolute atomic E-state index is 0.287. The number of hydrogen-bond donors (Lipinski definition) is 1. The van der Waals surface area contributed by atoms with Crippen molar-refractivity contribution in [1.29, 1.82) is 0 Å². The first kappa shape index (κ1) is 13.9. The zero-order valence-corrected chi connectivity index (χ0v) is 13.0. The lowest BCUT2D eigenvalue weighted by Gasteiger charge is -2.29. The van der Waals surface area contributed by atoms with Crippen LogP contribution in [0.1, 0.15) is 5.56 Å². The van der Waals surface area contributed by atoms with E-state index in [-0.39, 0.29) is 12.7 Å². The second-order valence-corrected chi connectivity index (χ2v) is 5.70. The molecule has 2 aromatic carbocycles. The number of carbonyl (C=O) groups is 1. The lowest BCUT2D eigenvalue weighted by Crippen LogP contribution is -2.39. The fourth-order valence-electron chi connectivity index (χ4n) is 2.29. The number of amides is 1. The van der Waals surface area contributed by atoms with Crippen molar-refractivity contribution in [3.63, 3.8) is 0 Å². The molecule has 1 amide bonds. The summed E-state index contributed by atoms with van der Waals surface area (Å²) in [6.07, 6.45) is -0.316. The van der Waals surface area contributed by atoms with Gasteiger partial charge in [0.2, 0.25) is 0 Å². The summed E-state index contributed by atoms with van der Waals surface area (Å²) in [6, 6.07) is 15.5. The number of nitrogens with one attached hydrogen (secondary N) is 1. The van der Waals surface area contributed by atoms with Crippen molar-refractivity contribution in [3.05, 3.63) is 58.6 Å². The molecular weight excluding hydrogens is 332 g/mol. The third-order valence-electron chi connectivity index (χ3n) is 3.33. The summed E-state index contributed by atoms with van der Waals surface area (Å²) in [5.41, 5.74) is 2.77. The Hall–Kier alpha value is -2.01. The molecule has 0 unspecified atom stereocenters. The summed E-state index contributed by atoms with van der Waals surface area (Å²) >= 11 is 3.43. The molecule has 2 aromatic rings. The van der Waals surface area contributed by atoms with E-state index in [1.807, 2.05) is 48.5 Å². The van der Waals surface area contributed by atoms with E-state index in [2.05, 4.69) is 21.2 Å². The van der Waals surface area contributed by atoms with E-state index >= 15 is 0 Å². The molecule has 0 fully saturated rings. The van der Waals surface area contributed by atoms with Crippen molar-refractivity contribution >= 4 is 33.4 Å². The highest BCUT2D eigenvalue weighted by Gasteiger charge is 2.23. The summed E-state index contributed by atoms with van der Waals surface area (Å²) in [7, 11) is 0. The van der Waals surface area contributed by atoms with Gasteiger partial charge >= 0.3 is 6.09 Å². The normalized spacial score (nSPS) is 13.3. The quantitative estimate of drug-likeness (QED) is 0.892. The third-order valence-corrected chi connectivity index (χ3v) is 3.82. The summed E-state index contributed by atoms with van der Waals surface area (Å²) in [4.78, 5) is 14.0. The van der Waals surface area contributed by atoms with Crippen LogP contribution in [0, 0.1) is 0 Å². The Bertz CT molecular complexity index is 646. The van der Waals surface area contributed by atoms with Gasteiger partial charge in [0.15, 0.2) is 0 Å². The molecule has 0 saturated carbocycles. The van der Waals surface area contributed by atoms with Crippen molar-refractivity contribution in [1.82, 2.24) is 0 Å². The van der Waals surface area contributed by atoms with Gasteiger partial charge in [0.25, 0.3) is 0 Å². The summed E-state index contributed by atoms with van der Waals surface area (Å²) in [6.45, 7) is 1.60. The van der Waals surface area contributed by atoms with E-state index < -0.39 is 0 Å². The lowest BCUT2D eigenvalue weighted by molar-refractivity contribution is 0.147. The smallest absolute Gasteiger partial charge is 0.414 e. The Morgan fingerprint density at radius 1 is 1.24 bits per heavy atom. The first-order valence-electron chi connectivity index (χ1n) is 6.76. The van der Waals surface area contributed by atoms with Crippen LogP contribution in [0.3, 0.4) is 0 Å². The maximum Gasteiger partial charge on any atom is 0.414 e. The largest absolute Gasteiger partial charge is 0.444 e. The van der Waals surface area contributed by atoms with Gasteiger partial charge in [0.05, 0.1) is 11.4 Å². The van der Waals surface area contributed by atoms with Gasteiger partial charge in [-0.2, -0.15) is 0 Å². The highest BCUT2D eigenvalue weighted by Crippen LogP contribution is 2.32. The Labute approximate surface area is 131 Å². The Kier molecular flexibility index (Phi) is 4.10. The molecule has 0 radical (unpaired) electrons. The van der Waals surface area contributed by atoms with Crippen molar-refractivity contribution < 1.29 is 9.53 Å². The molecule has 0 spiro atoms. The van der Waals surface area contributed by atoms with E-state index in [0.29, 0.717) is 13.1 Å². The molecule has 108 valence electrons. The third kappa shape index (κ3) is 3.19. The van der Waals surface area contributed by atoms with Crippen LogP contribution in [-0.2, 0) is 11.3 Å².